The van der Waals surface area contributed by atoms with Crippen molar-refractivity contribution in [1.82, 2.24) is 25.2 Å². The van der Waals surface area contributed by atoms with Gasteiger partial charge in [0.05, 0.1) is 13.2 Å². The molecule has 196 valence electrons. The van der Waals surface area contributed by atoms with Crippen molar-refractivity contribution in [2.75, 3.05) is 32.8 Å². The molecule has 2 aliphatic rings. The van der Waals surface area contributed by atoms with Gasteiger partial charge in [-0.2, -0.15) is 4.99 Å². The average Bonchev–Trinajstić information content (AvgIpc) is 3.22. The minimum atomic E-state index is 0.270. The summed E-state index contributed by atoms with van der Waals surface area (Å²) < 4.78 is 7.56. The van der Waals surface area contributed by atoms with Crippen molar-refractivity contribution in [1.29, 1.82) is 0 Å². The Balaban J connectivity index is 1.53. The third kappa shape index (κ3) is 6.21. The lowest BCUT2D eigenvalue weighted by Gasteiger charge is -2.47. The standard InChI is InChI=1S/C28H43N7O/c1-6-18-36-27(29-5)31-26-25(20-34-16-14-30-15-17-34)32-33-35(26)19-21-8-10-22(11-9-21)23-12-13-24(23)28(3,4)7-2/h8-11,23-24,30H,5-7,12-20H2,1-4H3/b31-27+. The zero-order valence-corrected chi connectivity index (χ0v) is 22.5. The van der Waals surface area contributed by atoms with Crippen molar-refractivity contribution in [2.45, 2.75) is 72.4 Å². The molecule has 1 N–H and O–H groups in total. The highest BCUT2D eigenvalue weighted by molar-refractivity contribution is 5.81. The van der Waals surface area contributed by atoms with Crippen LogP contribution in [-0.4, -0.2) is 65.4 Å². The zero-order chi connectivity index (χ0) is 25.5. The summed E-state index contributed by atoms with van der Waals surface area (Å²) in [5.41, 5.74) is 3.88. The summed E-state index contributed by atoms with van der Waals surface area (Å²) in [5, 5.41) is 12.4. The first-order valence-electron chi connectivity index (χ1n) is 13.6. The molecule has 1 saturated heterocycles. The molecule has 8 nitrogen and oxygen atoms in total. The van der Waals surface area contributed by atoms with Gasteiger partial charge in [-0.3, -0.25) is 4.90 Å². The maximum atomic E-state index is 5.70. The second-order valence-electron chi connectivity index (χ2n) is 10.8. The molecule has 0 amide bonds. The van der Waals surface area contributed by atoms with E-state index in [1.165, 1.54) is 30.4 Å². The fraction of sp³-hybridized carbons (Fsp3) is 0.643. The van der Waals surface area contributed by atoms with Crippen molar-refractivity contribution in [3.05, 3.63) is 41.1 Å². The number of benzene rings is 1. The molecule has 0 radical (unpaired) electrons. The highest BCUT2D eigenvalue weighted by atomic mass is 16.5. The first-order chi connectivity index (χ1) is 17.4. The molecular formula is C28H43N7O. The van der Waals surface area contributed by atoms with Gasteiger partial charge in [0.25, 0.3) is 0 Å². The van der Waals surface area contributed by atoms with Crippen molar-refractivity contribution >= 4 is 18.6 Å². The van der Waals surface area contributed by atoms with Crippen LogP contribution < -0.4 is 5.32 Å². The molecule has 2 aromatic rings. The van der Waals surface area contributed by atoms with E-state index in [9.17, 15) is 0 Å². The van der Waals surface area contributed by atoms with E-state index < -0.39 is 0 Å². The van der Waals surface area contributed by atoms with E-state index >= 15 is 0 Å². The third-order valence-electron chi connectivity index (χ3n) is 8.06. The lowest BCUT2D eigenvalue weighted by atomic mass is 9.58. The summed E-state index contributed by atoms with van der Waals surface area (Å²) >= 11 is 0. The minimum absolute atomic E-state index is 0.270. The van der Waals surface area contributed by atoms with Gasteiger partial charge in [0.2, 0.25) is 0 Å². The van der Waals surface area contributed by atoms with Gasteiger partial charge in [0.15, 0.2) is 5.82 Å². The van der Waals surface area contributed by atoms with E-state index in [-0.39, 0.29) is 6.02 Å². The predicted molar refractivity (Wildman–Crippen MR) is 146 cm³/mol. The number of aliphatic imine (C=N–C) groups is 2. The summed E-state index contributed by atoms with van der Waals surface area (Å²) in [5.74, 6) is 2.13. The number of rotatable bonds is 10. The summed E-state index contributed by atoms with van der Waals surface area (Å²) in [4.78, 5) is 11.1. The molecule has 1 saturated carbocycles. The van der Waals surface area contributed by atoms with Crippen LogP contribution in [0.2, 0.25) is 0 Å². The van der Waals surface area contributed by atoms with Gasteiger partial charge in [-0.15, -0.1) is 5.10 Å². The van der Waals surface area contributed by atoms with E-state index in [1.807, 2.05) is 4.68 Å². The Morgan fingerprint density at radius 3 is 2.50 bits per heavy atom. The van der Waals surface area contributed by atoms with Crippen molar-refractivity contribution in [3.63, 3.8) is 0 Å². The van der Waals surface area contributed by atoms with Gasteiger partial charge in [-0.05, 0) is 54.4 Å². The summed E-state index contributed by atoms with van der Waals surface area (Å²) in [6.45, 7) is 18.6. The fourth-order valence-electron chi connectivity index (χ4n) is 5.29. The van der Waals surface area contributed by atoms with Crippen molar-refractivity contribution in [2.24, 2.45) is 21.3 Å². The van der Waals surface area contributed by atoms with Gasteiger partial charge in [0, 0.05) is 32.7 Å². The average molecular weight is 494 g/mol. The van der Waals surface area contributed by atoms with Crippen LogP contribution in [0, 0.1) is 11.3 Å². The molecule has 2 unspecified atom stereocenters. The van der Waals surface area contributed by atoms with Crippen LogP contribution in [-0.2, 0) is 17.8 Å². The van der Waals surface area contributed by atoms with Crippen LogP contribution >= 0.6 is 0 Å². The number of aromatic nitrogens is 3. The second kappa shape index (κ2) is 12.1. The Hall–Kier alpha value is -2.58. The molecule has 0 bridgehead atoms. The number of piperazine rings is 1. The predicted octanol–water partition coefficient (Wildman–Crippen LogP) is 4.78. The second-order valence-corrected chi connectivity index (χ2v) is 10.8. The summed E-state index contributed by atoms with van der Waals surface area (Å²) in [6.07, 6.45) is 4.73. The highest BCUT2D eigenvalue weighted by Crippen LogP contribution is 2.52. The molecular weight excluding hydrogens is 450 g/mol. The Bertz CT molecular complexity index is 1020. The Kier molecular flexibility index (Phi) is 8.90. The minimum Gasteiger partial charge on any atom is -0.463 e. The van der Waals surface area contributed by atoms with E-state index in [4.69, 9.17) is 9.73 Å². The Labute approximate surface area is 216 Å². The first kappa shape index (κ1) is 26.5. The molecule has 1 aliphatic heterocycles. The van der Waals surface area contributed by atoms with Crippen LogP contribution in [0.1, 0.15) is 76.1 Å². The normalized spacial score (nSPS) is 21.3. The summed E-state index contributed by atoms with van der Waals surface area (Å²) in [6, 6.07) is 9.34. The van der Waals surface area contributed by atoms with Gasteiger partial charge >= 0.3 is 6.02 Å². The molecule has 2 fully saturated rings. The molecule has 4 rings (SSSR count). The zero-order valence-electron chi connectivity index (χ0n) is 22.5. The monoisotopic (exact) mass is 493 g/mol. The number of amidine groups is 1. The topological polar surface area (TPSA) is 79.9 Å². The van der Waals surface area contributed by atoms with Crippen LogP contribution in [0.5, 0.6) is 0 Å². The smallest absolute Gasteiger partial charge is 0.317 e. The maximum absolute atomic E-state index is 5.70. The molecule has 0 spiro atoms. The van der Waals surface area contributed by atoms with Gasteiger partial charge in [0.1, 0.15) is 5.69 Å². The molecule has 1 aliphatic carbocycles. The van der Waals surface area contributed by atoms with Crippen LogP contribution in [0.25, 0.3) is 0 Å². The molecule has 1 aromatic carbocycles. The lowest BCUT2D eigenvalue weighted by molar-refractivity contribution is 0.0853. The molecule has 1 aromatic heterocycles. The number of nitrogens with one attached hydrogen (secondary N) is 1. The summed E-state index contributed by atoms with van der Waals surface area (Å²) in [7, 11) is 0. The van der Waals surface area contributed by atoms with Crippen LogP contribution in [0.3, 0.4) is 0 Å². The van der Waals surface area contributed by atoms with E-state index in [0.717, 1.165) is 44.2 Å². The number of ether oxygens (including phenoxy) is 1. The highest BCUT2D eigenvalue weighted by Gasteiger charge is 2.41. The van der Waals surface area contributed by atoms with Crippen molar-refractivity contribution in [3.8, 4) is 0 Å². The Morgan fingerprint density at radius 2 is 1.89 bits per heavy atom. The third-order valence-corrected chi connectivity index (χ3v) is 8.06. The quantitative estimate of drug-likeness (QED) is 0.381. The maximum Gasteiger partial charge on any atom is 0.317 e. The van der Waals surface area contributed by atoms with Crippen LogP contribution in [0.4, 0.5) is 5.82 Å². The number of hydrogen-bond donors (Lipinski definition) is 1. The van der Waals surface area contributed by atoms with E-state index in [2.05, 4.69) is 84.2 Å². The molecule has 2 atom stereocenters. The lowest BCUT2D eigenvalue weighted by Crippen LogP contribution is -2.42. The van der Waals surface area contributed by atoms with E-state index in [0.29, 0.717) is 36.8 Å². The van der Waals surface area contributed by atoms with Crippen molar-refractivity contribution < 1.29 is 4.74 Å². The van der Waals surface area contributed by atoms with Gasteiger partial charge in [-0.1, -0.05) is 63.6 Å². The Morgan fingerprint density at radius 1 is 1.14 bits per heavy atom. The molecule has 36 heavy (non-hydrogen) atoms. The SMILES string of the molecule is C=N/C(=N\c1c(CN2CCNCC2)nnn1Cc1ccc(C2CCC2C(C)(C)CC)cc1)OCCC. The molecule has 8 heteroatoms. The van der Waals surface area contributed by atoms with Crippen LogP contribution in [0.15, 0.2) is 34.3 Å². The number of nitrogens with zero attached hydrogens (tertiary/aromatic N) is 6. The fourth-order valence-corrected chi connectivity index (χ4v) is 5.29. The molecule has 2 heterocycles. The van der Waals surface area contributed by atoms with Gasteiger partial charge in [-0.25, -0.2) is 9.67 Å². The van der Waals surface area contributed by atoms with E-state index in [1.54, 1.807) is 0 Å². The largest absolute Gasteiger partial charge is 0.463 e. The van der Waals surface area contributed by atoms with Gasteiger partial charge < -0.3 is 10.1 Å². The first-order valence-corrected chi connectivity index (χ1v) is 13.6. The number of hydrogen-bond acceptors (Lipinski definition) is 6.